The second-order valence-corrected chi connectivity index (χ2v) is 9.93. The standard InChI is InChI=1S/C25H32N4O3S/c26-23(29-25(31)32-15-17-7-3-1-4-8-17)20-11-21(33-16-20)14-28-24(30)22-12-19(13-27-22)18-9-5-2-6-10-18/h1,3-4,7-8,11,16,18-19,22,27H,2,5-6,9-10,12-15H2,(H,28,30)(H2,26,29,31)/t19-,22-/m0/s1. The van der Waals surface area contributed by atoms with Crippen LogP contribution < -0.4 is 16.0 Å². The minimum Gasteiger partial charge on any atom is -0.444 e. The zero-order valence-electron chi connectivity index (χ0n) is 18.8. The van der Waals surface area contributed by atoms with Gasteiger partial charge in [-0.2, -0.15) is 0 Å². The van der Waals surface area contributed by atoms with Crippen molar-refractivity contribution in [1.29, 1.82) is 5.41 Å². The van der Waals surface area contributed by atoms with E-state index in [1.807, 2.05) is 36.4 Å². The van der Waals surface area contributed by atoms with Crippen molar-refractivity contribution in [2.45, 2.75) is 57.7 Å². The summed E-state index contributed by atoms with van der Waals surface area (Å²) in [6.07, 6.45) is 6.87. The van der Waals surface area contributed by atoms with Crippen LogP contribution in [0.25, 0.3) is 0 Å². The average molecular weight is 469 g/mol. The molecular formula is C25H32N4O3S. The Kier molecular flexibility index (Phi) is 8.12. The van der Waals surface area contributed by atoms with Gasteiger partial charge in [0, 0.05) is 15.8 Å². The molecule has 33 heavy (non-hydrogen) atoms. The molecule has 1 aliphatic heterocycles. The number of carbonyl (C=O) groups excluding carboxylic acids is 2. The van der Waals surface area contributed by atoms with E-state index in [9.17, 15) is 9.59 Å². The van der Waals surface area contributed by atoms with Crippen molar-refractivity contribution >= 4 is 29.2 Å². The Balaban J connectivity index is 1.18. The van der Waals surface area contributed by atoms with Gasteiger partial charge in [0.25, 0.3) is 0 Å². The number of nitrogens with one attached hydrogen (secondary N) is 4. The summed E-state index contributed by atoms with van der Waals surface area (Å²) in [5.41, 5.74) is 1.48. The molecule has 2 fully saturated rings. The molecule has 2 amide bonds. The molecule has 1 saturated heterocycles. The van der Waals surface area contributed by atoms with Gasteiger partial charge in [0.2, 0.25) is 5.91 Å². The maximum absolute atomic E-state index is 12.6. The number of amides is 2. The van der Waals surface area contributed by atoms with Gasteiger partial charge in [-0.3, -0.25) is 15.5 Å². The average Bonchev–Trinajstić information content (AvgIpc) is 3.53. The summed E-state index contributed by atoms with van der Waals surface area (Å²) in [6, 6.07) is 11.1. The summed E-state index contributed by atoms with van der Waals surface area (Å²) in [7, 11) is 0. The Hall–Kier alpha value is -2.71. The summed E-state index contributed by atoms with van der Waals surface area (Å²) in [6.45, 7) is 1.51. The van der Waals surface area contributed by atoms with Crippen molar-refractivity contribution in [3.63, 3.8) is 0 Å². The first-order valence-electron chi connectivity index (χ1n) is 11.7. The third-order valence-electron chi connectivity index (χ3n) is 6.62. The van der Waals surface area contributed by atoms with Crippen LogP contribution in [0.5, 0.6) is 0 Å². The van der Waals surface area contributed by atoms with Crippen LogP contribution in [0.1, 0.15) is 54.5 Å². The summed E-state index contributed by atoms with van der Waals surface area (Å²) in [5, 5.41) is 18.8. The molecular weight excluding hydrogens is 436 g/mol. The fourth-order valence-electron chi connectivity index (χ4n) is 4.76. The highest BCUT2D eigenvalue weighted by Gasteiger charge is 2.34. The van der Waals surface area contributed by atoms with Crippen LogP contribution in [0, 0.1) is 17.2 Å². The Labute approximate surface area is 198 Å². The predicted molar refractivity (Wildman–Crippen MR) is 129 cm³/mol. The topological polar surface area (TPSA) is 103 Å². The number of hydrogen-bond acceptors (Lipinski definition) is 6. The highest BCUT2D eigenvalue weighted by Crippen LogP contribution is 2.34. The minimum absolute atomic E-state index is 0.0188. The predicted octanol–water partition coefficient (Wildman–Crippen LogP) is 4.17. The molecule has 8 heteroatoms. The molecule has 0 spiro atoms. The van der Waals surface area contributed by atoms with E-state index < -0.39 is 6.09 Å². The molecule has 2 aliphatic rings. The first-order chi connectivity index (χ1) is 16.1. The Bertz CT molecular complexity index is 956. The van der Waals surface area contributed by atoms with Gasteiger partial charge in [-0.05, 0) is 36.4 Å². The van der Waals surface area contributed by atoms with Gasteiger partial charge >= 0.3 is 6.09 Å². The fraction of sp³-hybridized carbons (Fsp3) is 0.480. The van der Waals surface area contributed by atoms with Crippen LogP contribution in [-0.4, -0.2) is 30.4 Å². The maximum atomic E-state index is 12.6. The summed E-state index contributed by atoms with van der Waals surface area (Å²) < 4.78 is 5.16. The molecule has 2 heterocycles. The van der Waals surface area contributed by atoms with Crippen LogP contribution in [0.4, 0.5) is 4.79 Å². The van der Waals surface area contributed by atoms with Crippen molar-refractivity contribution in [2.24, 2.45) is 11.8 Å². The molecule has 1 saturated carbocycles. The van der Waals surface area contributed by atoms with Gasteiger partial charge in [0.1, 0.15) is 12.4 Å². The van der Waals surface area contributed by atoms with Crippen LogP contribution in [0.2, 0.25) is 0 Å². The molecule has 0 unspecified atom stereocenters. The molecule has 7 nitrogen and oxygen atoms in total. The molecule has 1 aromatic carbocycles. The van der Waals surface area contributed by atoms with Gasteiger partial charge in [-0.1, -0.05) is 62.4 Å². The third kappa shape index (κ3) is 6.65. The van der Waals surface area contributed by atoms with Crippen molar-refractivity contribution in [2.75, 3.05) is 6.54 Å². The van der Waals surface area contributed by atoms with Gasteiger partial charge in [0.15, 0.2) is 0 Å². The van der Waals surface area contributed by atoms with Gasteiger partial charge < -0.3 is 15.4 Å². The molecule has 1 aromatic heterocycles. The van der Waals surface area contributed by atoms with Gasteiger partial charge in [0.05, 0.1) is 12.6 Å². The van der Waals surface area contributed by atoms with E-state index >= 15 is 0 Å². The van der Waals surface area contributed by atoms with Crippen LogP contribution in [0.3, 0.4) is 0 Å². The molecule has 4 rings (SSSR count). The number of benzene rings is 1. The molecule has 2 atom stereocenters. The second-order valence-electron chi connectivity index (χ2n) is 8.94. The highest BCUT2D eigenvalue weighted by atomic mass is 32.1. The lowest BCUT2D eigenvalue weighted by molar-refractivity contribution is -0.123. The Morgan fingerprint density at radius 2 is 1.91 bits per heavy atom. The van der Waals surface area contributed by atoms with Crippen LogP contribution in [-0.2, 0) is 22.7 Å². The largest absolute Gasteiger partial charge is 0.444 e. The van der Waals surface area contributed by atoms with E-state index in [4.69, 9.17) is 10.1 Å². The quantitative estimate of drug-likeness (QED) is 0.362. The van der Waals surface area contributed by atoms with E-state index in [0.717, 1.165) is 29.3 Å². The lowest BCUT2D eigenvalue weighted by Crippen LogP contribution is -2.39. The lowest BCUT2D eigenvalue weighted by atomic mass is 9.79. The minimum atomic E-state index is -0.662. The maximum Gasteiger partial charge on any atom is 0.413 e. The number of carbonyl (C=O) groups is 2. The van der Waals surface area contributed by atoms with E-state index in [1.54, 1.807) is 5.38 Å². The first-order valence-corrected chi connectivity index (χ1v) is 12.6. The number of rotatable bonds is 7. The molecule has 0 bridgehead atoms. The lowest BCUT2D eigenvalue weighted by Gasteiger charge is -2.26. The Morgan fingerprint density at radius 3 is 2.70 bits per heavy atom. The summed E-state index contributed by atoms with van der Waals surface area (Å²) in [5.74, 6) is 1.40. The normalized spacial score (nSPS) is 20.8. The molecule has 4 N–H and O–H groups in total. The second kappa shape index (κ2) is 11.4. The van der Waals surface area contributed by atoms with E-state index in [0.29, 0.717) is 18.0 Å². The van der Waals surface area contributed by atoms with Crippen LogP contribution in [0.15, 0.2) is 41.8 Å². The monoisotopic (exact) mass is 468 g/mol. The Morgan fingerprint density at radius 1 is 1.12 bits per heavy atom. The smallest absolute Gasteiger partial charge is 0.413 e. The zero-order valence-corrected chi connectivity index (χ0v) is 19.6. The third-order valence-corrected chi connectivity index (χ3v) is 7.55. The number of hydrogen-bond donors (Lipinski definition) is 4. The number of amidine groups is 1. The molecule has 176 valence electrons. The van der Waals surface area contributed by atoms with Gasteiger partial charge in [-0.15, -0.1) is 11.3 Å². The van der Waals surface area contributed by atoms with Crippen molar-refractivity contribution < 1.29 is 14.3 Å². The molecule has 0 radical (unpaired) electrons. The SMILES string of the molecule is N=C(NC(=O)OCc1ccccc1)c1csc(CNC(=O)[C@@H]2C[C@H](C3CCCCC3)CN2)c1. The number of thiophene rings is 1. The number of alkyl carbamates (subject to hydrolysis) is 1. The highest BCUT2D eigenvalue weighted by molar-refractivity contribution is 7.10. The molecule has 1 aliphatic carbocycles. The van der Waals surface area contributed by atoms with E-state index in [-0.39, 0.29) is 24.4 Å². The fourth-order valence-corrected chi connectivity index (χ4v) is 5.58. The zero-order chi connectivity index (χ0) is 23.0. The summed E-state index contributed by atoms with van der Waals surface area (Å²) in [4.78, 5) is 25.5. The number of ether oxygens (including phenoxy) is 1. The van der Waals surface area contributed by atoms with Crippen molar-refractivity contribution in [1.82, 2.24) is 16.0 Å². The van der Waals surface area contributed by atoms with E-state index in [2.05, 4.69) is 16.0 Å². The van der Waals surface area contributed by atoms with Gasteiger partial charge in [-0.25, -0.2) is 4.79 Å². The summed E-state index contributed by atoms with van der Waals surface area (Å²) >= 11 is 1.45. The van der Waals surface area contributed by atoms with E-state index in [1.165, 1.54) is 43.4 Å². The first kappa shape index (κ1) is 23.4. The molecule has 2 aromatic rings. The van der Waals surface area contributed by atoms with Crippen molar-refractivity contribution in [3.05, 3.63) is 57.8 Å². The van der Waals surface area contributed by atoms with Crippen molar-refractivity contribution in [3.8, 4) is 0 Å². The van der Waals surface area contributed by atoms with Crippen LogP contribution >= 0.6 is 11.3 Å².